The summed E-state index contributed by atoms with van der Waals surface area (Å²) in [6, 6.07) is 3.34. The first kappa shape index (κ1) is 13.8. The number of aliphatic hydroxyl groups excluding tert-OH is 1. The van der Waals surface area contributed by atoms with E-state index in [2.05, 4.69) is 5.32 Å². The molecule has 3 N–H and O–H groups in total. The number of amides is 1. The number of hydrogen-bond acceptors (Lipinski definition) is 3. The number of phenolic OH excluding ortho intramolecular Hbond substituents is 1. The van der Waals surface area contributed by atoms with Crippen LogP contribution in [0.2, 0.25) is 0 Å². The minimum Gasteiger partial charge on any atom is -0.507 e. The fourth-order valence-corrected chi connectivity index (χ4v) is 2.43. The van der Waals surface area contributed by atoms with Gasteiger partial charge in [-0.1, -0.05) is 25.3 Å². The average molecular weight is 267 g/mol. The Hall–Kier alpha value is -1.62. The van der Waals surface area contributed by atoms with Gasteiger partial charge in [0.25, 0.3) is 5.91 Å². The van der Waals surface area contributed by atoms with Crippen LogP contribution in [0.5, 0.6) is 5.75 Å². The molecule has 1 fully saturated rings. The third-order valence-corrected chi connectivity index (χ3v) is 3.51. The Morgan fingerprint density at radius 3 is 2.74 bits per heavy atom. The van der Waals surface area contributed by atoms with Crippen molar-refractivity contribution in [3.8, 4) is 5.75 Å². The second-order valence-electron chi connectivity index (χ2n) is 4.92. The van der Waals surface area contributed by atoms with Crippen molar-refractivity contribution in [1.82, 2.24) is 5.32 Å². The summed E-state index contributed by atoms with van der Waals surface area (Å²) in [6.45, 7) is 0. The van der Waals surface area contributed by atoms with E-state index in [1.807, 2.05) is 0 Å². The lowest BCUT2D eigenvalue weighted by molar-refractivity contribution is 0.0812. The number of carbonyl (C=O) groups is 1. The SMILES string of the molecule is O=C(NC1CCCCCC1O)c1c(O)cccc1F. The second-order valence-corrected chi connectivity index (χ2v) is 4.92. The van der Waals surface area contributed by atoms with Gasteiger partial charge in [0, 0.05) is 0 Å². The molecule has 4 nitrogen and oxygen atoms in total. The number of rotatable bonds is 2. The van der Waals surface area contributed by atoms with E-state index in [0.717, 1.165) is 25.3 Å². The molecule has 1 saturated carbocycles. The molecule has 5 heteroatoms. The summed E-state index contributed by atoms with van der Waals surface area (Å²) in [5, 5.41) is 22.1. The maximum absolute atomic E-state index is 13.5. The first-order chi connectivity index (χ1) is 9.09. The average Bonchev–Trinajstić information content (AvgIpc) is 2.55. The first-order valence-electron chi connectivity index (χ1n) is 6.56. The van der Waals surface area contributed by atoms with Crippen molar-refractivity contribution >= 4 is 5.91 Å². The number of phenols is 1. The van der Waals surface area contributed by atoms with Crippen LogP contribution < -0.4 is 5.32 Å². The molecule has 0 aliphatic heterocycles. The maximum atomic E-state index is 13.5. The Morgan fingerprint density at radius 2 is 2.00 bits per heavy atom. The third-order valence-electron chi connectivity index (χ3n) is 3.51. The molecule has 0 saturated heterocycles. The summed E-state index contributed by atoms with van der Waals surface area (Å²) < 4.78 is 13.5. The molecule has 1 aliphatic rings. The van der Waals surface area contributed by atoms with Crippen LogP contribution in [-0.4, -0.2) is 28.3 Å². The minimum absolute atomic E-state index is 0.362. The normalized spacial score (nSPS) is 23.7. The Labute approximate surface area is 111 Å². The van der Waals surface area contributed by atoms with Gasteiger partial charge in [-0.15, -0.1) is 0 Å². The minimum atomic E-state index is -0.763. The summed E-state index contributed by atoms with van der Waals surface area (Å²) >= 11 is 0. The van der Waals surface area contributed by atoms with Crippen molar-refractivity contribution < 1.29 is 19.4 Å². The van der Waals surface area contributed by atoms with Crippen LogP contribution in [0.4, 0.5) is 4.39 Å². The summed E-state index contributed by atoms with van der Waals surface area (Å²) in [6.07, 6.45) is 3.56. The summed E-state index contributed by atoms with van der Waals surface area (Å²) in [5.41, 5.74) is -0.362. The fraction of sp³-hybridized carbons (Fsp3) is 0.500. The molecule has 0 bridgehead atoms. The Bertz CT molecular complexity index is 444. The van der Waals surface area contributed by atoms with Gasteiger partial charge in [0.2, 0.25) is 0 Å². The topological polar surface area (TPSA) is 69.6 Å². The Morgan fingerprint density at radius 1 is 1.26 bits per heavy atom. The van der Waals surface area contributed by atoms with E-state index in [4.69, 9.17) is 0 Å². The highest BCUT2D eigenvalue weighted by Crippen LogP contribution is 2.22. The summed E-state index contributed by atoms with van der Waals surface area (Å²) in [5.74, 6) is -1.83. The number of hydrogen-bond donors (Lipinski definition) is 3. The van der Waals surface area contributed by atoms with E-state index in [1.54, 1.807) is 0 Å². The van der Waals surface area contributed by atoms with Gasteiger partial charge in [-0.25, -0.2) is 4.39 Å². The largest absolute Gasteiger partial charge is 0.507 e. The molecule has 2 unspecified atom stereocenters. The van der Waals surface area contributed by atoms with Gasteiger partial charge in [-0.2, -0.15) is 0 Å². The Kier molecular flexibility index (Phi) is 4.37. The van der Waals surface area contributed by atoms with Gasteiger partial charge in [0.1, 0.15) is 17.1 Å². The number of aromatic hydroxyl groups is 1. The highest BCUT2D eigenvalue weighted by molar-refractivity contribution is 5.97. The van der Waals surface area contributed by atoms with Crippen LogP contribution in [0.25, 0.3) is 0 Å². The lowest BCUT2D eigenvalue weighted by Gasteiger charge is -2.22. The second kappa shape index (κ2) is 6.02. The maximum Gasteiger partial charge on any atom is 0.258 e. The quantitative estimate of drug-likeness (QED) is 0.717. The molecule has 2 atom stereocenters. The van der Waals surface area contributed by atoms with Gasteiger partial charge >= 0.3 is 0 Å². The molecular weight excluding hydrogens is 249 g/mol. The number of benzene rings is 1. The van der Waals surface area contributed by atoms with Crippen LogP contribution in [0, 0.1) is 5.82 Å². The van der Waals surface area contributed by atoms with Crippen LogP contribution in [0.1, 0.15) is 42.5 Å². The number of halogens is 1. The molecule has 1 aromatic carbocycles. The zero-order valence-electron chi connectivity index (χ0n) is 10.6. The van der Waals surface area contributed by atoms with E-state index < -0.39 is 17.8 Å². The van der Waals surface area contributed by atoms with Crippen molar-refractivity contribution in [2.45, 2.75) is 44.2 Å². The van der Waals surface area contributed by atoms with E-state index >= 15 is 0 Å². The number of aliphatic hydroxyl groups is 1. The predicted molar refractivity (Wildman–Crippen MR) is 68.4 cm³/mol. The zero-order valence-corrected chi connectivity index (χ0v) is 10.6. The van der Waals surface area contributed by atoms with Crippen molar-refractivity contribution in [3.05, 3.63) is 29.6 Å². The van der Waals surface area contributed by atoms with Crippen LogP contribution in [-0.2, 0) is 0 Å². The molecule has 19 heavy (non-hydrogen) atoms. The molecule has 1 aromatic rings. The van der Waals surface area contributed by atoms with Gasteiger partial charge < -0.3 is 15.5 Å². The van der Waals surface area contributed by atoms with Crippen molar-refractivity contribution in [1.29, 1.82) is 0 Å². The highest BCUT2D eigenvalue weighted by Gasteiger charge is 2.25. The van der Waals surface area contributed by atoms with Gasteiger partial charge in [0.05, 0.1) is 12.1 Å². The van der Waals surface area contributed by atoms with Crippen molar-refractivity contribution in [3.63, 3.8) is 0 Å². The van der Waals surface area contributed by atoms with E-state index in [1.165, 1.54) is 12.1 Å². The monoisotopic (exact) mass is 267 g/mol. The molecule has 104 valence electrons. The smallest absolute Gasteiger partial charge is 0.258 e. The highest BCUT2D eigenvalue weighted by atomic mass is 19.1. The van der Waals surface area contributed by atoms with Gasteiger partial charge in [-0.3, -0.25) is 4.79 Å². The molecule has 0 aromatic heterocycles. The predicted octanol–water partition coefficient (Wildman–Crippen LogP) is 1.95. The van der Waals surface area contributed by atoms with Crippen molar-refractivity contribution in [2.75, 3.05) is 0 Å². The van der Waals surface area contributed by atoms with E-state index in [9.17, 15) is 19.4 Å². The van der Waals surface area contributed by atoms with E-state index in [-0.39, 0.29) is 17.4 Å². The van der Waals surface area contributed by atoms with Crippen molar-refractivity contribution in [2.24, 2.45) is 0 Å². The van der Waals surface area contributed by atoms with Gasteiger partial charge in [-0.05, 0) is 25.0 Å². The molecule has 0 heterocycles. The fourth-order valence-electron chi connectivity index (χ4n) is 2.43. The molecule has 0 spiro atoms. The summed E-state index contributed by atoms with van der Waals surface area (Å²) in [4.78, 5) is 12.0. The van der Waals surface area contributed by atoms with Gasteiger partial charge in [0.15, 0.2) is 0 Å². The van der Waals surface area contributed by atoms with Crippen LogP contribution >= 0.6 is 0 Å². The molecule has 2 rings (SSSR count). The lowest BCUT2D eigenvalue weighted by atomic mass is 10.0. The molecule has 1 aliphatic carbocycles. The summed E-state index contributed by atoms with van der Waals surface area (Å²) in [7, 11) is 0. The number of carbonyl (C=O) groups excluding carboxylic acids is 1. The van der Waals surface area contributed by atoms with Crippen LogP contribution in [0.15, 0.2) is 18.2 Å². The molecule has 1 amide bonds. The zero-order chi connectivity index (χ0) is 13.8. The molecule has 0 radical (unpaired) electrons. The standard InChI is InChI=1S/C14H18FNO3/c15-9-5-4-8-12(18)13(9)14(19)16-10-6-2-1-3-7-11(10)17/h4-5,8,10-11,17-18H,1-3,6-7H2,(H,16,19). The first-order valence-corrected chi connectivity index (χ1v) is 6.56. The Balaban J connectivity index is 2.12. The molecular formula is C14H18FNO3. The third kappa shape index (κ3) is 3.23. The van der Waals surface area contributed by atoms with E-state index in [0.29, 0.717) is 12.8 Å². The van der Waals surface area contributed by atoms with Crippen LogP contribution in [0.3, 0.4) is 0 Å². The lowest BCUT2D eigenvalue weighted by Crippen LogP contribution is -2.42. The number of nitrogens with one attached hydrogen (secondary N) is 1.